The third-order valence-electron chi connectivity index (χ3n) is 7.26. The lowest BCUT2D eigenvalue weighted by molar-refractivity contribution is -0.144. The third-order valence-corrected chi connectivity index (χ3v) is 7.26. The first-order valence-electron chi connectivity index (χ1n) is 12.1. The minimum Gasteiger partial charge on any atom is -0.450 e. The number of ether oxygens (including phenoxy) is 1. The van der Waals surface area contributed by atoms with Crippen LogP contribution < -0.4 is 10.3 Å². The molecule has 0 radical (unpaired) electrons. The van der Waals surface area contributed by atoms with E-state index in [9.17, 15) is 22.4 Å². The number of rotatable bonds is 7. The Labute approximate surface area is 208 Å². The SMILES string of the molecule is CCOC(=O)N1CC2(CC[C@@H](N(C)CCN(C)c3ncc(F)cc3C3=NNC(C(F)(F)F)C=C3)C2)C1. The molecule has 0 bridgehead atoms. The Kier molecular flexibility index (Phi) is 7.44. The summed E-state index contributed by atoms with van der Waals surface area (Å²) in [7, 11) is 3.88. The lowest BCUT2D eigenvalue weighted by atomic mass is 9.78. The standard InChI is InChI=1S/C24H32F4N6O2/c1-4-36-22(35)34-14-23(15-34)8-7-17(12-23)32(2)9-10-33(3)21-18(11-16(25)13-29-21)19-5-6-20(31-30-19)24(26,27)28/h5-6,11,13,17,20,31H,4,7-10,12,14-15H2,1-3H3/t17-,20?/m1/s1. The highest BCUT2D eigenvalue weighted by molar-refractivity contribution is 6.12. The number of likely N-dealkylation sites (tertiary alicyclic amines) is 1. The summed E-state index contributed by atoms with van der Waals surface area (Å²) < 4.78 is 57.8. The van der Waals surface area contributed by atoms with Gasteiger partial charge in [-0.05, 0) is 51.5 Å². The summed E-state index contributed by atoms with van der Waals surface area (Å²) >= 11 is 0. The molecule has 12 heteroatoms. The number of aromatic nitrogens is 1. The number of anilines is 1. The predicted molar refractivity (Wildman–Crippen MR) is 127 cm³/mol. The average Bonchev–Trinajstić information content (AvgIpc) is 3.27. The van der Waals surface area contributed by atoms with Crippen molar-refractivity contribution in [1.82, 2.24) is 20.2 Å². The molecule has 1 N–H and O–H groups in total. The maximum absolute atomic E-state index is 14.0. The molecule has 1 saturated carbocycles. The van der Waals surface area contributed by atoms with Gasteiger partial charge in [-0.15, -0.1) is 0 Å². The minimum atomic E-state index is -4.47. The van der Waals surface area contributed by atoms with E-state index < -0.39 is 18.0 Å². The van der Waals surface area contributed by atoms with E-state index >= 15 is 0 Å². The van der Waals surface area contributed by atoms with Crippen molar-refractivity contribution in [2.75, 3.05) is 51.8 Å². The van der Waals surface area contributed by atoms with Gasteiger partial charge in [0, 0.05) is 50.2 Å². The monoisotopic (exact) mass is 512 g/mol. The van der Waals surface area contributed by atoms with Crippen LogP contribution in [0.4, 0.5) is 28.2 Å². The fraction of sp³-hybridized carbons (Fsp3) is 0.625. The van der Waals surface area contributed by atoms with Crippen molar-refractivity contribution in [2.24, 2.45) is 10.5 Å². The van der Waals surface area contributed by atoms with Gasteiger partial charge < -0.3 is 19.4 Å². The molecule has 36 heavy (non-hydrogen) atoms. The van der Waals surface area contributed by atoms with Gasteiger partial charge in [-0.3, -0.25) is 5.43 Å². The number of likely N-dealkylation sites (N-methyl/N-ethyl adjacent to an activating group) is 2. The smallest absolute Gasteiger partial charge is 0.413 e. The summed E-state index contributed by atoms with van der Waals surface area (Å²) in [6.07, 6.45) is 1.70. The summed E-state index contributed by atoms with van der Waals surface area (Å²) in [5, 5.41) is 3.83. The fourth-order valence-corrected chi connectivity index (χ4v) is 5.21. The first-order valence-corrected chi connectivity index (χ1v) is 12.1. The number of allylic oxidation sites excluding steroid dienone is 1. The first kappa shape index (κ1) is 26.2. The van der Waals surface area contributed by atoms with Gasteiger partial charge in [0.15, 0.2) is 6.04 Å². The summed E-state index contributed by atoms with van der Waals surface area (Å²) in [5.74, 6) is -0.158. The number of hydrogen-bond acceptors (Lipinski definition) is 7. The Bertz CT molecular complexity index is 1020. The van der Waals surface area contributed by atoms with Crippen molar-refractivity contribution < 1.29 is 27.1 Å². The summed E-state index contributed by atoms with van der Waals surface area (Å²) in [4.78, 5) is 22.0. The highest BCUT2D eigenvalue weighted by Gasteiger charge is 2.50. The second-order valence-corrected chi connectivity index (χ2v) is 9.88. The number of hydrogen-bond donors (Lipinski definition) is 1. The zero-order chi connectivity index (χ0) is 26.1. The number of carbonyl (C=O) groups is 1. The van der Waals surface area contributed by atoms with Crippen molar-refractivity contribution in [3.63, 3.8) is 0 Å². The Hall–Kier alpha value is -2.89. The van der Waals surface area contributed by atoms with Crippen LogP contribution in [0.3, 0.4) is 0 Å². The molecule has 2 fully saturated rings. The van der Waals surface area contributed by atoms with E-state index in [4.69, 9.17) is 4.74 Å². The van der Waals surface area contributed by atoms with E-state index in [1.807, 2.05) is 11.9 Å². The second-order valence-electron chi connectivity index (χ2n) is 9.88. The molecule has 0 aromatic carbocycles. The molecule has 2 aliphatic heterocycles. The fourth-order valence-electron chi connectivity index (χ4n) is 5.21. The van der Waals surface area contributed by atoms with Gasteiger partial charge in [0.2, 0.25) is 0 Å². The molecule has 1 aromatic heterocycles. The number of hydrazone groups is 1. The highest BCUT2D eigenvalue weighted by Crippen LogP contribution is 2.47. The normalized spacial score (nSPS) is 22.9. The van der Waals surface area contributed by atoms with Gasteiger partial charge in [-0.25, -0.2) is 14.2 Å². The number of alkyl halides is 3. The highest BCUT2D eigenvalue weighted by atomic mass is 19.4. The summed E-state index contributed by atoms with van der Waals surface area (Å²) in [5.41, 5.74) is 2.75. The molecule has 3 aliphatic rings. The minimum absolute atomic E-state index is 0.163. The van der Waals surface area contributed by atoms with Crippen LogP contribution in [0.5, 0.6) is 0 Å². The largest absolute Gasteiger partial charge is 0.450 e. The molecule has 8 nitrogen and oxygen atoms in total. The van der Waals surface area contributed by atoms with E-state index in [1.165, 1.54) is 12.1 Å². The van der Waals surface area contributed by atoms with Crippen molar-refractivity contribution in [3.05, 3.63) is 35.8 Å². The zero-order valence-corrected chi connectivity index (χ0v) is 20.7. The van der Waals surface area contributed by atoms with Gasteiger partial charge in [0.25, 0.3) is 0 Å². The molecule has 1 unspecified atom stereocenters. The summed E-state index contributed by atoms with van der Waals surface area (Å²) in [6.45, 7) is 4.94. The molecular weight excluding hydrogens is 480 g/mol. The van der Waals surface area contributed by atoms with E-state index in [0.717, 1.165) is 44.6 Å². The predicted octanol–water partition coefficient (Wildman–Crippen LogP) is 3.39. The van der Waals surface area contributed by atoms with Gasteiger partial charge >= 0.3 is 12.3 Å². The van der Waals surface area contributed by atoms with E-state index in [-0.39, 0.29) is 17.2 Å². The lowest BCUT2D eigenvalue weighted by Gasteiger charge is -2.47. The third kappa shape index (κ3) is 5.58. The van der Waals surface area contributed by atoms with Crippen LogP contribution >= 0.6 is 0 Å². The molecule has 3 heterocycles. The van der Waals surface area contributed by atoms with Crippen LogP contribution in [0.25, 0.3) is 0 Å². The lowest BCUT2D eigenvalue weighted by Crippen LogP contribution is -2.57. The van der Waals surface area contributed by atoms with Crippen molar-refractivity contribution in [2.45, 2.75) is 44.4 Å². The van der Waals surface area contributed by atoms with Gasteiger partial charge in [0.1, 0.15) is 11.6 Å². The summed E-state index contributed by atoms with van der Waals surface area (Å²) in [6, 6.07) is -0.265. The zero-order valence-electron chi connectivity index (χ0n) is 20.7. The van der Waals surface area contributed by atoms with Crippen LogP contribution in [0, 0.1) is 11.2 Å². The number of amides is 1. The second kappa shape index (κ2) is 10.2. The Morgan fingerprint density at radius 3 is 2.69 bits per heavy atom. The van der Waals surface area contributed by atoms with Crippen molar-refractivity contribution in [3.8, 4) is 0 Å². The number of halogens is 4. The molecular formula is C24H32F4N6O2. The van der Waals surface area contributed by atoms with Crippen LogP contribution in [0.2, 0.25) is 0 Å². The Balaban J connectivity index is 1.34. The van der Waals surface area contributed by atoms with Gasteiger partial charge in [-0.2, -0.15) is 18.3 Å². The van der Waals surface area contributed by atoms with E-state index in [0.29, 0.717) is 37.1 Å². The molecule has 1 aliphatic carbocycles. The Morgan fingerprint density at radius 1 is 1.31 bits per heavy atom. The number of nitrogens with one attached hydrogen (secondary N) is 1. The van der Waals surface area contributed by atoms with E-state index in [1.54, 1.807) is 11.8 Å². The molecule has 1 saturated heterocycles. The van der Waals surface area contributed by atoms with Crippen molar-refractivity contribution in [1.29, 1.82) is 0 Å². The molecule has 4 rings (SSSR count). The number of carbonyl (C=O) groups excluding carboxylic acids is 1. The van der Waals surface area contributed by atoms with Crippen molar-refractivity contribution >= 4 is 17.6 Å². The maximum atomic E-state index is 14.0. The Morgan fingerprint density at radius 2 is 2.06 bits per heavy atom. The van der Waals surface area contributed by atoms with Gasteiger partial charge in [-0.1, -0.05) is 0 Å². The first-order chi connectivity index (χ1) is 17.0. The molecule has 198 valence electrons. The molecule has 1 spiro atoms. The number of nitrogens with zero attached hydrogens (tertiary/aromatic N) is 5. The molecule has 1 amide bonds. The van der Waals surface area contributed by atoms with Crippen LogP contribution in [-0.4, -0.2) is 91.7 Å². The molecule has 2 atom stereocenters. The van der Waals surface area contributed by atoms with Crippen LogP contribution in [-0.2, 0) is 4.74 Å². The van der Waals surface area contributed by atoms with E-state index in [2.05, 4.69) is 27.5 Å². The van der Waals surface area contributed by atoms with Crippen LogP contribution in [0.15, 0.2) is 29.5 Å². The van der Waals surface area contributed by atoms with Crippen LogP contribution in [0.1, 0.15) is 31.7 Å². The number of pyridine rings is 1. The topological polar surface area (TPSA) is 73.3 Å². The average molecular weight is 513 g/mol. The maximum Gasteiger partial charge on any atom is 0.413 e. The quantitative estimate of drug-likeness (QED) is 0.565. The molecule has 1 aromatic rings. The van der Waals surface area contributed by atoms with Gasteiger partial charge in [0.05, 0.1) is 18.5 Å².